The summed E-state index contributed by atoms with van der Waals surface area (Å²) in [6, 6.07) is -0.415. The van der Waals surface area contributed by atoms with Crippen molar-refractivity contribution in [2.75, 3.05) is 19.6 Å². The van der Waals surface area contributed by atoms with Gasteiger partial charge in [0, 0.05) is 19.1 Å². The fourth-order valence-corrected chi connectivity index (χ4v) is 1.27. The van der Waals surface area contributed by atoms with Crippen LogP contribution in [-0.2, 0) is 9.59 Å². The third-order valence-electron chi connectivity index (χ3n) is 2.11. The maximum Gasteiger partial charge on any atom is 0.317 e. The third-order valence-corrected chi connectivity index (χ3v) is 2.11. The summed E-state index contributed by atoms with van der Waals surface area (Å²) in [4.78, 5) is 34.7. The van der Waals surface area contributed by atoms with Crippen LogP contribution in [0, 0.1) is 0 Å². The molecule has 0 radical (unpaired) electrons. The van der Waals surface area contributed by atoms with Crippen LogP contribution in [0.15, 0.2) is 0 Å². The third kappa shape index (κ3) is 7.48. The second-order valence-corrected chi connectivity index (χ2v) is 4.10. The van der Waals surface area contributed by atoms with Crippen LogP contribution in [0.2, 0.25) is 0 Å². The van der Waals surface area contributed by atoms with E-state index < -0.39 is 12.0 Å². The fourth-order valence-electron chi connectivity index (χ4n) is 1.27. The van der Waals surface area contributed by atoms with Crippen molar-refractivity contribution < 1.29 is 19.5 Å². The summed E-state index contributed by atoms with van der Waals surface area (Å²) in [5, 5.41) is 13.6. The number of hydrogen-bond donors (Lipinski definition) is 3. The molecule has 0 aliphatic rings. The van der Waals surface area contributed by atoms with E-state index in [1.165, 1.54) is 4.90 Å². The first-order chi connectivity index (χ1) is 8.36. The Morgan fingerprint density at radius 2 is 1.89 bits per heavy atom. The molecule has 0 aliphatic heterocycles. The van der Waals surface area contributed by atoms with Gasteiger partial charge in [0.2, 0.25) is 5.91 Å². The van der Waals surface area contributed by atoms with Crippen LogP contribution in [0.3, 0.4) is 0 Å². The van der Waals surface area contributed by atoms with Crippen molar-refractivity contribution >= 4 is 17.9 Å². The molecule has 0 heterocycles. The monoisotopic (exact) mass is 259 g/mol. The Bertz CT molecular complexity index is 305. The van der Waals surface area contributed by atoms with Crippen molar-refractivity contribution in [2.24, 2.45) is 0 Å². The average molecular weight is 259 g/mol. The quantitative estimate of drug-likeness (QED) is 0.600. The molecule has 0 rings (SSSR count). The molecule has 0 atom stereocenters. The van der Waals surface area contributed by atoms with Gasteiger partial charge in [0.15, 0.2) is 0 Å². The predicted molar refractivity (Wildman–Crippen MR) is 66.2 cm³/mol. The number of carbonyl (C=O) groups is 3. The lowest BCUT2D eigenvalue weighted by Crippen LogP contribution is -2.46. The van der Waals surface area contributed by atoms with Crippen LogP contribution in [0.4, 0.5) is 4.79 Å². The summed E-state index contributed by atoms with van der Waals surface area (Å²) in [7, 11) is 0. The Hall–Kier alpha value is -1.79. The number of urea groups is 1. The molecule has 0 aromatic rings. The lowest BCUT2D eigenvalue weighted by molar-refractivity contribution is -0.137. The van der Waals surface area contributed by atoms with Crippen LogP contribution in [0.1, 0.15) is 27.2 Å². The van der Waals surface area contributed by atoms with E-state index in [2.05, 4.69) is 10.6 Å². The van der Waals surface area contributed by atoms with Crippen molar-refractivity contribution in [2.45, 2.75) is 33.2 Å². The molecule has 3 N–H and O–H groups in total. The molecule has 0 spiro atoms. The SMILES string of the molecule is CCN(CCC(=O)O)C(=O)NCC(=O)NC(C)C. The molecule has 7 nitrogen and oxygen atoms in total. The van der Waals surface area contributed by atoms with Gasteiger partial charge in [0.05, 0.1) is 13.0 Å². The molecule has 104 valence electrons. The molecular formula is C11H21N3O4. The molecule has 0 aliphatic carbocycles. The Labute approximate surface area is 107 Å². The molecule has 0 aromatic heterocycles. The zero-order chi connectivity index (χ0) is 14.1. The number of nitrogens with one attached hydrogen (secondary N) is 2. The van der Waals surface area contributed by atoms with E-state index in [1.807, 2.05) is 13.8 Å². The van der Waals surface area contributed by atoms with Crippen molar-refractivity contribution in [3.8, 4) is 0 Å². The molecular weight excluding hydrogens is 238 g/mol. The average Bonchev–Trinajstić information content (AvgIpc) is 2.25. The first-order valence-electron chi connectivity index (χ1n) is 5.90. The molecule has 0 unspecified atom stereocenters. The van der Waals surface area contributed by atoms with Crippen molar-refractivity contribution in [3.63, 3.8) is 0 Å². The van der Waals surface area contributed by atoms with Gasteiger partial charge in [-0.25, -0.2) is 4.79 Å². The maximum absolute atomic E-state index is 11.6. The standard InChI is InChI=1S/C11H21N3O4/c1-4-14(6-5-10(16)17)11(18)12-7-9(15)13-8(2)3/h8H,4-7H2,1-3H3,(H,12,18)(H,13,15)(H,16,17). The molecule has 3 amide bonds. The maximum atomic E-state index is 11.6. The minimum absolute atomic E-state index is 0.0173. The van der Waals surface area contributed by atoms with Gasteiger partial charge in [-0.3, -0.25) is 9.59 Å². The lowest BCUT2D eigenvalue weighted by Gasteiger charge is -2.20. The zero-order valence-corrected chi connectivity index (χ0v) is 11.0. The number of aliphatic carboxylic acids is 1. The van der Waals surface area contributed by atoms with Crippen LogP contribution in [0.25, 0.3) is 0 Å². The second-order valence-electron chi connectivity index (χ2n) is 4.10. The summed E-state index contributed by atoms with van der Waals surface area (Å²) in [5.74, 6) is -1.23. The molecule has 0 aromatic carbocycles. The second kappa shape index (κ2) is 8.32. The number of carbonyl (C=O) groups excluding carboxylic acids is 2. The molecule has 18 heavy (non-hydrogen) atoms. The van der Waals surface area contributed by atoms with Gasteiger partial charge in [0.1, 0.15) is 0 Å². The van der Waals surface area contributed by atoms with Crippen LogP contribution in [0.5, 0.6) is 0 Å². The van der Waals surface area contributed by atoms with Gasteiger partial charge in [0.25, 0.3) is 0 Å². The van der Waals surface area contributed by atoms with Crippen LogP contribution < -0.4 is 10.6 Å². The predicted octanol–water partition coefficient (Wildman–Crippen LogP) is 0.0172. The smallest absolute Gasteiger partial charge is 0.317 e. The number of rotatable bonds is 7. The van der Waals surface area contributed by atoms with Gasteiger partial charge < -0.3 is 20.6 Å². The molecule has 0 bridgehead atoms. The van der Waals surface area contributed by atoms with Gasteiger partial charge in [-0.15, -0.1) is 0 Å². The van der Waals surface area contributed by atoms with E-state index in [1.54, 1.807) is 6.92 Å². The van der Waals surface area contributed by atoms with Crippen molar-refractivity contribution in [1.82, 2.24) is 15.5 Å². The molecule has 0 saturated carbocycles. The fraction of sp³-hybridized carbons (Fsp3) is 0.727. The highest BCUT2D eigenvalue weighted by molar-refractivity contribution is 5.84. The number of amides is 3. The van der Waals surface area contributed by atoms with E-state index in [9.17, 15) is 14.4 Å². The number of carboxylic acids is 1. The minimum Gasteiger partial charge on any atom is -0.481 e. The normalized spacial score (nSPS) is 10.0. The highest BCUT2D eigenvalue weighted by Gasteiger charge is 2.13. The van der Waals surface area contributed by atoms with Gasteiger partial charge in [-0.1, -0.05) is 0 Å². The van der Waals surface area contributed by atoms with E-state index in [4.69, 9.17) is 5.11 Å². The first kappa shape index (κ1) is 16.2. The number of carboxylic acid groups (broad SMARTS) is 1. The summed E-state index contributed by atoms with van der Waals surface area (Å²) in [6.45, 7) is 5.81. The Morgan fingerprint density at radius 3 is 2.33 bits per heavy atom. The van der Waals surface area contributed by atoms with E-state index >= 15 is 0 Å². The van der Waals surface area contributed by atoms with Crippen molar-refractivity contribution in [1.29, 1.82) is 0 Å². The Kier molecular flexibility index (Phi) is 7.50. The van der Waals surface area contributed by atoms with Gasteiger partial charge in [-0.2, -0.15) is 0 Å². The van der Waals surface area contributed by atoms with E-state index in [-0.39, 0.29) is 31.5 Å². The zero-order valence-electron chi connectivity index (χ0n) is 11.0. The summed E-state index contributed by atoms with van der Waals surface area (Å²) in [5.41, 5.74) is 0. The van der Waals surface area contributed by atoms with Crippen LogP contribution >= 0.6 is 0 Å². The van der Waals surface area contributed by atoms with Gasteiger partial charge in [-0.05, 0) is 20.8 Å². The molecule has 0 saturated heterocycles. The largest absolute Gasteiger partial charge is 0.481 e. The highest BCUT2D eigenvalue weighted by Crippen LogP contribution is 1.92. The summed E-state index contributed by atoms with van der Waals surface area (Å²) >= 11 is 0. The summed E-state index contributed by atoms with van der Waals surface area (Å²) in [6.07, 6.45) is -0.112. The molecule has 7 heteroatoms. The summed E-state index contributed by atoms with van der Waals surface area (Å²) < 4.78 is 0. The lowest BCUT2D eigenvalue weighted by atomic mass is 10.4. The Morgan fingerprint density at radius 1 is 1.28 bits per heavy atom. The number of nitrogens with zero attached hydrogens (tertiary/aromatic N) is 1. The Balaban J connectivity index is 4.04. The topological polar surface area (TPSA) is 98.7 Å². The highest BCUT2D eigenvalue weighted by atomic mass is 16.4. The first-order valence-corrected chi connectivity index (χ1v) is 5.90. The van der Waals surface area contributed by atoms with E-state index in [0.717, 1.165) is 0 Å². The van der Waals surface area contributed by atoms with Gasteiger partial charge >= 0.3 is 12.0 Å². The minimum atomic E-state index is -0.959. The van der Waals surface area contributed by atoms with Crippen molar-refractivity contribution in [3.05, 3.63) is 0 Å². The molecule has 0 fully saturated rings. The van der Waals surface area contributed by atoms with E-state index in [0.29, 0.717) is 6.54 Å². The number of hydrogen-bond acceptors (Lipinski definition) is 3. The van der Waals surface area contributed by atoms with Crippen LogP contribution in [-0.4, -0.2) is 53.6 Å².